The molecule has 3 rings (SSSR count). The summed E-state index contributed by atoms with van der Waals surface area (Å²) in [4.78, 5) is 12.0. The largest absolute Gasteiger partial charge is 0.446 e. The predicted molar refractivity (Wildman–Crippen MR) is 94.9 cm³/mol. The molecule has 0 unspecified atom stereocenters. The summed E-state index contributed by atoms with van der Waals surface area (Å²) in [7, 11) is 0. The first-order valence-corrected chi connectivity index (χ1v) is 8.25. The van der Waals surface area contributed by atoms with E-state index in [2.05, 4.69) is 31.1 Å². The molecule has 5 heteroatoms. The number of amides is 1. The third-order valence-corrected chi connectivity index (χ3v) is 4.29. The average Bonchev–Trinajstić information content (AvgIpc) is 3.00. The fourth-order valence-corrected chi connectivity index (χ4v) is 2.79. The fourth-order valence-electron chi connectivity index (χ4n) is 2.57. The van der Waals surface area contributed by atoms with E-state index in [1.54, 1.807) is 6.07 Å². The van der Waals surface area contributed by atoms with Crippen LogP contribution in [0.2, 0.25) is 5.02 Å². The van der Waals surface area contributed by atoms with Crippen LogP contribution in [0.4, 0.5) is 0 Å². The van der Waals surface area contributed by atoms with Crippen LogP contribution in [0.5, 0.6) is 0 Å². The molecule has 0 aliphatic carbocycles. The zero-order chi connectivity index (χ0) is 17.3. The Hall–Kier alpha value is -2.33. The molecule has 0 bridgehead atoms. The predicted octanol–water partition coefficient (Wildman–Crippen LogP) is 4.70. The van der Waals surface area contributed by atoms with Crippen LogP contribution in [0.15, 0.2) is 53.6 Å². The van der Waals surface area contributed by atoms with Gasteiger partial charge in [0.05, 0.1) is 10.6 Å². The van der Waals surface area contributed by atoms with Gasteiger partial charge in [-0.2, -0.15) is 5.01 Å². The van der Waals surface area contributed by atoms with Crippen molar-refractivity contribution in [2.45, 2.75) is 32.9 Å². The van der Waals surface area contributed by atoms with Crippen molar-refractivity contribution in [3.05, 3.63) is 70.2 Å². The Balaban J connectivity index is 1.92. The molecule has 1 amide bonds. The lowest BCUT2D eigenvalue weighted by Crippen LogP contribution is -2.25. The number of carbonyl (C=O) groups excluding carboxylic acids is 1. The van der Waals surface area contributed by atoms with Crippen LogP contribution in [-0.2, 0) is 9.53 Å². The van der Waals surface area contributed by atoms with E-state index in [1.165, 1.54) is 17.5 Å². The standard InChI is InChI=1S/C19H19ClN2O2/c1-12(2)14-8-10-15(11-9-14)19-22(13(3)23)21-18(24-19)16-6-4-5-7-17(16)20/h4-12,19H,1-3H3/t19-/m1/s1. The Kier molecular flexibility index (Phi) is 4.58. The van der Waals surface area contributed by atoms with Crippen LogP contribution in [-0.4, -0.2) is 16.8 Å². The van der Waals surface area contributed by atoms with E-state index in [0.717, 1.165) is 5.56 Å². The van der Waals surface area contributed by atoms with Crippen molar-refractivity contribution in [1.82, 2.24) is 5.01 Å². The minimum atomic E-state index is -0.574. The van der Waals surface area contributed by atoms with Gasteiger partial charge in [-0.3, -0.25) is 4.79 Å². The highest BCUT2D eigenvalue weighted by Gasteiger charge is 2.33. The molecule has 2 aromatic carbocycles. The molecule has 1 heterocycles. The van der Waals surface area contributed by atoms with Gasteiger partial charge in [-0.15, -0.1) is 5.10 Å². The van der Waals surface area contributed by atoms with E-state index in [-0.39, 0.29) is 5.91 Å². The lowest BCUT2D eigenvalue weighted by atomic mass is 10.0. The zero-order valence-corrected chi connectivity index (χ0v) is 14.6. The first-order valence-electron chi connectivity index (χ1n) is 7.87. The van der Waals surface area contributed by atoms with Crippen molar-refractivity contribution in [2.24, 2.45) is 5.10 Å². The molecule has 1 atom stereocenters. The van der Waals surface area contributed by atoms with E-state index in [1.807, 2.05) is 30.3 Å². The molecule has 1 aliphatic heterocycles. The van der Waals surface area contributed by atoms with Crippen LogP contribution in [0.25, 0.3) is 0 Å². The van der Waals surface area contributed by atoms with E-state index >= 15 is 0 Å². The SMILES string of the molecule is CC(=O)N1N=C(c2ccccc2Cl)O[C@@H]1c1ccc(C(C)C)cc1. The van der Waals surface area contributed by atoms with Gasteiger partial charge in [0.1, 0.15) is 0 Å². The molecule has 0 spiro atoms. The Bertz CT molecular complexity index is 784. The highest BCUT2D eigenvalue weighted by molar-refractivity contribution is 6.33. The summed E-state index contributed by atoms with van der Waals surface area (Å²) in [6.07, 6.45) is -0.574. The van der Waals surface area contributed by atoms with E-state index in [0.29, 0.717) is 22.4 Å². The third-order valence-electron chi connectivity index (χ3n) is 3.96. The van der Waals surface area contributed by atoms with Gasteiger partial charge in [-0.05, 0) is 23.6 Å². The number of ether oxygens (including phenoxy) is 1. The lowest BCUT2D eigenvalue weighted by molar-refractivity contribution is -0.135. The Morgan fingerprint density at radius 2 is 1.83 bits per heavy atom. The minimum Gasteiger partial charge on any atom is -0.446 e. The van der Waals surface area contributed by atoms with Crippen LogP contribution in [0.3, 0.4) is 0 Å². The molecule has 1 aliphatic rings. The molecule has 4 nitrogen and oxygen atoms in total. The summed E-state index contributed by atoms with van der Waals surface area (Å²) in [5.41, 5.74) is 2.78. The van der Waals surface area contributed by atoms with Gasteiger partial charge >= 0.3 is 0 Å². The summed E-state index contributed by atoms with van der Waals surface area (Å²) < 4.78 is 5.96. The Labute approximate surface area is 146 Å². The van der Waals surface area contributed by atoms with E-state index in [9.17, 15) is 4.79 Å². The van der Waals surface area contributed by atoms with Crippen molar-refractivity contribution < 1.29 is 9.53 Å². The smallest absolute Gasteiger partial charge is 0.243 e. The van der Waals surface area contributed by atoms with Crippen LogP contribution >= 0.6 is 11.6 Å². The summed E-state index contributed by atoms with van der Waals surface area (Å²) >= 11 is 6.22. The fraction of sp³-hybridized carbons (Fsp3) is 0.263. The maximum Gasteiger partial charge on any atom is 0.243 e. The molecule has 24 heavy (non-hydrogen) atoms. The number of carbonyl (C=O) groups is 1. The molecule has 0 aromatic heterocycles. The first kappa shape index (κ1) is 16.5. The van der Waals surface area contributed by atoms with Gasteiger partial charge < -0.3 is 4.74 Å². The minimum absolute atomic E-state index is 0.185. The average molecular weight is 343 g/mol. The second-order valence-corrected chi connectivity index (χ2v) is 6.45. The molecule has 0 saturated heterocycles. The molecule has 0 N–H and O–H groups in total. The van der Waals surface area contributed by atoms with Crippen molar-refractivity contribution >= 4 is 23.4 Å². The quantitative estimate of drug-likeness (QED) is 0.811. The third kappa shape index (κ3) is 3.15. The van der Waals surface area contributed by atoms with Crippen molar-refractivity contribution in [3.8, 4) is 0 Å². The highest BCUT2D eigenvalue weighted by Crippen LogP contribution is 2.32. The maximum atomic E-state index is 12.0. The topological polar surface area (TPSA) is 41.9 Å². The first-order chi connectivity index (χ1) is 11.5. The van der Waals surface area contributed by atoms with Crippen molar-refractivity contribution in [1.29, 1.82) is 0 Å². The van der Waals surface area contributed by atoms with Crippen LogP contribution in [0, 0.1) is 0 Å². The Morgan fingerprint density at radius 3 is 2.42 bits per heavy atom. The van der Waals surface area contributed by atoms with E-state index in [4.69, 9.17) is 16.3 Å². The van der Waals surface area contributed by atoms with Crippen LogP contribution in [0.1, 0.15) is 49.6 Å². The highest BCUT2D eigenvalue weighted by atomic mass is 35.5. The number of hydrazone groups is 1. The molecule has 0 fully saturated rings. The summed E-state index contributed by atoms with van der Waals surface area (Å²) in [6.45, 7) is 5.75. The molecule has 2 aromatic rings. The maximum absolute atomic E-state index is 12.0. The molecule has 124 valence electrons. The van der Waals surface area contributed by atoms with Gasteiger partial charge in [0.15, 0.2) is 0 Å². The molecular weight excluding hydrogens is 324 g/mol. The van der Waals surface area contributed by atoms with Gasteiger partial charge in [-0.25, -0.2) is 0 Å². The Morgan fingerprint density at radius 1 is 1.17 bits per heavy atom. The number of hydrogen-bond donors (Lipinski definition) is 0. The number of halogens is 1. The zero-order valence-electron chi connectivity index (χ0n) is 13.9. The van der Waals surface area contributed by atoms with Crippen molar-refractivity contribution in [3.63, 3.8) is 0 Å². The number of rotatable bonds is 3. The van der Waals surface area contributed by atoms with Crippen molar-refractivity contribution in [2.75, 3.05) is 0 Å². The summed E-state index contributed by atoms with van der Waals surface area (Å²) in [5, 5.41) is 6.22. The number of nitrogens with zero attached hydrogens (tertiary/aromatic N) is 2. The van der Waals surface area contributed by atoms with Gasteiger partial charge in [0, 0.05) is 12.5 Å². The summed E-state index contributed by atoms with van der Waals surface area (Å²) in [6, 6.07) is 15.3. The summed E-state index contributed by atoms with van der Waals surface area (Å²) in [5.74, 6) is 0.617. The monoisotopic (exact) mass is 342 g/mol. The van der Waals surface area contributed by atoms with Crippen LogP contribution < -0.4 is 0 Å². The molecule has 0 radical (unpaired) electrons. The number of hydrogen-bond acceptors (Lipinski definition) is 3. The molecular formula is C19H19ClN2O2. The molecule has 0 saturated carbocycles. The number of benzene rings is 2. The van der Waals surface area contributed by atoms with Gasteiger partial charge in [-0.1, -0.05) is 61.8 Å². The lowest BCUT2D eigenvalue weighted by Gasteiger charge is -2.20. The van der Waals surface area contributed by atoms with Gasteiger partial charge in [0.2, 0.25) is 18.0 Å². The second-order valence-electron chi connectivity index (χ2n) is 6.04. The second kappa shape index (κ2) is 6.65. The van der Waals surface area contributed by atoms with E-state index < -0.39 is 6.23 Å². The normalized spacial score (nSPS) is 17.0. The van der Waals surface area contributed by atoms with Gasteiger partial charge in [0.25, 0.3) is 0 Å².